The first-order valence-electron chi connectivity index (χ1n) is 6.40. The molecule has 1 aliphatic rings. The highest BCUT2D eigenvalue weighted by molar-refractivity contribution is 5.13. The van der Waals surface area contributed by atoms with Gasteiger partial charge in [-0.05, 0) is 38.4 Å². The van der Waals surface area contributed by atoms with Gasteiger partial charge in [0.15, 0.2) is 0 Å². The van der Waals surface area contributed by atoms with Crippen LogP contribution in [0, 0.1) is 12.8 Å². The average molecular weight is 218 g/mol. The van der Waals surface area contributed by atoms with Crippen LogP contribution in [0.1, 0.15) is 49.5 Å². The molecule has 0 aromatic carbocycles. The number of nitrogens with zero attached hydrogens (tertiary/aromatic N) is 1. The van der Waals surface area contributed by atoms with E-state index in [2.05, 4.69) is 35.4 Å². The smallest absolute Gasteiger partial charge is 0.0576 e. The van der Waals surface area contributed by atoms with Crippen molar-refractivity contribution in [2.75, 3.05) is 7.05 Å². The fourth-order valence-corrected chi connectivity index (χ4v) is 2.72. The molecule has 0 bridgehead atoms. The Hall–Kier alpha value is -0.890. The molecular weight excluding hydrogens is 196 g/mol. The Morgan fingerprint density at radius 2 is 2.12 bits per heavy atom. The second-order valence-electron chi connectivity index (χ2n) is 4.93. The molecule has 88 valence electrons. The molecule has 16 heavy (non-hydrogen) atoms. The van der Waals surface area contributed by atoms with Crippen LogP contribution in [0.3, 0.4) is 0 Å². The van der Waals surface area contributed by atoms with Crippen LogP contribution in [0.15, 0.2) is 18.2 Å². The van der Waals surface area contributed by atoms with Crippen LogP contribution in [0.5, 0.6) is 0 Å². The summed E-state index contributed by atoms with van der Waals surface area (Å²) in [5.41, 5.74) is 2.32. The molecule has 0 aliphatic heterocycles. The van der Waals surface area contributed by atoms with Crippen LogP contribution in [-0.4, -0.2) is 12.0 Å². The van der Waals surface area contributed by atoms with Crippen LogP contribution in [0.4, 0.5) is 0 Å². The fourth-order valence-electron chi connectivity index (χ4n) is 2.72. The molecule has 2 rings (SSSR count). The Labute approximate surface area is 98.5 Å². The number of nitrogens with one attached hydrogen (secondary N) is 1. The second kappa shape index (κ2) is 5.44. The Kier molecular flexibility index (Phi) is 3.94. The monoisotopic (exact) mass is 218 g/mol. The van der Waals surface area contributed by atoms with E-state index in [0.717, 1.165) is 11.6 Å². The number of pyridine rings is 1. The van der Waals surface area contributed by atoms with Gasteiger partial charge in [-0.1, -0.05) is 31.7 Å². The van der Waals surface area contributed by atoms with E-state index in [0.29, 0.717) is 6.04 Å². The minimum Gasteiger partial charge on any atom is -0.312 e. The van der Waals surface area contributed by atoms with Crippen LogP contribution in [0.25, 0.3) is 0 Å². The van der Waals surface area contributed by atoms with Crippen LogP contribution in [0.2, 0.25) is 0 Å². The van der Waals surface area contributed by atoms with E-state index in [1.807, 2.05) is 7.05 Å². The molecule has 1 heterocycles. The minimum absolute atomic E-state index is 0.433. The molecule has 1 saturated carbocycles. The lowest BCUT2D eigenvalue weighted by Crippen LogP contribution is -2.20. The summed E-state index contributed by atoms with van der Waals surface area (Å²) in [4.78, 5) is 4.62. The highest BCUT2D eigenvalue weighted by atomic mass is 14.9. The molecule has 1 fully saturated rings. The quantitative estimate of drug-likeness (QED) is 0.839. The van der Waals surface area contributed by atoms with Crippen molar-refractivity contribution in [3.8, 4) is 0 Å². The zero-order valence-corrected chi connectivity index (χ0v) is 10.4. The summed E-state index contributed by atoms with van der Waals surface area (Å²) in [5.74, 6) is 0.903. The summed E-state index contributed by atoms with van der Waals surface area (Å²) in [6.07, 6.45) is 6.89. The van der Waals surface area contributed by atoms with Gasteiger partial charge >= 0.3 is 0 Å². The van der Waals surface area contributed by atoms with Gasteiger partial charge in [0.1, 0.15) is 0 Å². The number of rotatable bonds is 4. The summed E-state index contributed by atoms with van der Waals surface area (Å²) in [6.45, 7) is 2.06. The fraction of sp³-hybridized carbons (Fsp3) is 0.643. The Balaban J connectivity index is 2.03. The molecule has 1 N–H and O–H groups in total. The van der Waals surface area contributed by atoms with Gasteiger partial charge in [-0.15, -0.1) is 0 Å². The lowest BCUT2D eigenvalue weighted by atomic mass is 9.96. The third kappa shape index (κ3) is 2.82. The first-order chi connectivity index (χ1) is 7.79. The molecule has 1 unspecified atom stereocenters. The maximum absolute atomic E-state index is 4.62. The minimum atomic E-state index is 0.433. The molecular formula is C14H22N2. The van der Waals surface area contributed by atoms with Crippen LogP contribution < -0.4 is 5.32 Å². The Morgan fingerprint density at radius 3 is 2.75 bits per heavy atom. The van der Waals surface area contributed by atoms with Crippen molar-refractivity contribution in [3.63, 3.8) is 0 Å². The molecule has 0 amide bonds. The summed E-state index contributed by atoms with van der Waals surface area (Å²) >= 11 is 0. The van der Waals surface area contributed by atoms with E-state index in [4.69, 9.17) is 0 Å². The first-order valence-corrected chi connectivity index (χ1v) is 6.40. The summed E-state index contributed by atoms with van der Waals surface area (Å²) in [5, 5.41) is 3.41. The van der Waals surface area contributed by atoms with Crippen LogP contribution in [-0.2, 0) is 0 Å². The molecule has 0 spiro atoms. The van der Waals surface area contributed by atoms with Gasteiger partial charge in [0.25, 0.3) is 0 Å². The zero-order valence-electron chi connectivity index (χ0n) is 10.4. The standard InChI is InChI=1S/C14H22N2/c1-11-6-5-9-13(16-11)14(15-2)10-12-7-3-4-8-12/h5-6,9,12,14-15H,3-4,7-8,10H2,1-2H3. The zero-order chi connectivity index (χ0) is 11.4. The normalized spacial score (nSPS) is 18.9. The van der Waals surface area contributed by atoms with Gasteiger partial charge in [-0.3, -0.25) is 4.98 Å². The van der Waals surface area contributed by atoms with E-state index in [9.17, 15) is 0 Å². The molecule has 1 atom stereocenters. The largest absolute Gasteiger partial charge is 0.312 e. The molecule has 1 aromatic rings. The summed E-state index contributed by atoms with van der Waals surface area (Å²) in [7, 11) is 2.05. The highest BCUT2D eigenvalue weighted by Crippen LogP contribution is 2.32. The lowest BCUT2D eigenvalue weighted by molar-refractivity contribution is 0.407. The van der Waals surface area contributed by atoms with Crippen molar-refractivity contribution in [1.82, 2.24) is 10.3 Å². The van der Waals surface area contributed by atoms with Crippen LogP contribution >= 0.6 is 0 Å². The number of aromatic nitrogens is 1. The van der Waals surface area contributed by atoms with Gasteiger partial charge in [0, 0.05) is 11.7 Å². The number of aryl methyl sites for hydroxylation is 1. The second-order valence-corrected chi connectivity index (χ2v) is 4.93. The van der Waals surface area contributed by atoms with Gasteiger partial charge in [-0.2, -0.15) is 0 Å². The molecule has 2 nitrogen and oxygen atoms in total. The summed E-state index contributed by atoms with van der Waals surface area (Å²) < 4.78 is 0. The van der Waals surface area contributed by atoms with Gasteiger partial charge < -0.3 is 5.32 Å². The Bertz CT molecular complexity index is 329. The summed E-state index contributed by atoms with van der Waals surface area (Å²) in [6, 6.07) is 6.74. The molecule has 0 saturated heterocycles. The van der Waals surface area contributed by atoms with E-state index >= 15 is 0 Å². The van der Waals surface area contributed by atoms with Crippen molar-refractivity contribution in [2.24, 2.45) is 5.92 Å². The molecule has 1 aliphatic carbocycles. The number of hydrogen-bond donors (Lipinski definition) is 1. The predicted octanol–water partition coefficient (Wildman–Crippen LogP) is 3.23. The van der Waals surface area contributed by atoms with Crippen molar-refractivity contribution in [1.29, 1.82) is 0 Å². The average Bonchev–Trinajstić information content (AvgIpc) is 2.78. The third-order valence-corrected chi connectivity index (χ3v) is 3.66. The molecule has 1 aromatic heterocycles. The topological polar surface area (TPSA) is 24.9 Å². The van der Waals surface area contributed by atoms with Gasteiger partial charge in [0.05, 0.1) is 5.69 Å². The van der Waals surface area contributed by atoms with E-state index < -0.39 is 0 Å². The van der Waals surface area contributed by atoms with Crippen molar-refractivity contribution in [3.05, 3.63) is 29.6 Å². The molecule has 0 radical (unpaired) electrons. The van der Waals surface area contributed by atoms with Gasteiger partial charge in [0.2, 0.25) is 0 Å². The highest BCUT2D eigenvalue weighted by Gasteiger charge is 2.20. The Morgan fingerprint density at radius 1 is 1.38 bits per heavy atom. The van der Waals surface area contributed by atoms with E-state index in [-0.39, 0.29) is 0 Å². The SMILES string of the molecule is CNC(CC1CCCC1)c1cccc(C)n1. The maximum Gasteiger partial charge on any atom is 0.0576 e. The van der Waals surface area contributed by atoms with Crippen molar-refractivity contribution >= 4 is 0 Å². The van der Waals surface area contributed by atoms with Crippen molar-refractivity contribution < 1.29 is 0 Å². The van der Waals surface area contributed by atoms with Gasteiger partial charge in [-0.25, -0.2) is 0 Å². The molecule has 2 heteroatoms. The van der Waals surface area contributed by atoms with E-state index in [1.165, 1.54) is 37.8 Å². The lowest BCUT2D eigenvalue weighted by Gasteiger charge is -2.19. The third-order valence-electron chi connectivity index (χ3n) is 3.66. The maximum atomic E-state index is 4.62. The van der Waals surface area contributed by atoms with E-state index in [1.54, 1.807) is 0 Å². The predicted molar refractivity (Wildman–Crippen MR) is 67.3 cm³/mol. The van der Waals surface area contributed by atoms with Crippen molar-refractivity contribution in [2.45, 2.75) is 45.1 Å². The first kappa shape index (κ1) is 11.6. The number of hydrogen-bond acceptors (Lipinski definition) is 2.